The van der Waals surface area contributed by atoms with E-state index >= 15 is 0 Å². The van der Waals surface area contributed by atoms with Gasteiger partial charge in [0.2, 0.25) is 0 Å². The number of halogens is 2. The molecule has 94 valence electrons. The van der Waals surface area contributed by atoms with Crippen LogP contribution in [0.2, 0.25) is 0 Å². The lowest BCUT2D eigenvalue weighted by atomic mass is 10.0. The number of rotatable bonds is 5. The summed E-state index contributed by atoms with van der Waals surface area (Å²) >= 11 is 0. The number of likely N-dealkylation sites (N-methyl/N-ethyl adjacent to an activating group) is 1. The van der Waals surface area contributed by atoms with Crippen LogP contribution in [0.25, 0.3) is 0 Å². The third-order valence-corrected chi connectivity index (χ3v) is 2.44. The van der Waals surface area contributed by atoms with Crippen LogP contribution in [0.5, 0.6) is 0 Å². The second kappa shape index (κ2) is 6.50. The molecule has 1 atom stereocenters. The molecule has 0 radical (unpaired) electrons. The van der Waals surface area contributed by atoms with Gasteiger partial charge in [0.15, 0.2) is 11.6 Å². The van der Waals surface area contributed by atoms with Gasteiger partial charge in [-0.05, 0) is 44.5 Å². The largest absolute Gasteiger partial charge is 0.310 e. The van der Waals surface area contributed by atoms with Crippen LogP contribution in [0.1, 0.15) is 26.3 Å². The lowest BCUT2D eigenvalue weighted by Gasteiger charge is -2.14. The molecule has 1 N–H and O–H groups in total. The third-order valence-electron chi connectivity index (χ3n) is 2.44. The summed E-state index contributed by atoms with van der Waals surface area (Å²) in [5.41, 5.74) is 2.01. The topological polar surface area (TPSA) is 12.0 Å². The van der Waals surface area contributed by atoms with Crippen molar-refractivity contribution in [1.82, 2.24) is 5.32 Å². The fraction of sp³-hybridized carbons (Fsp3) is 0.429. The summed E-state index contributed by atoms with van der Waals surface area (Å²) < 4.78 is 25.9. The monoisotopic (exact) mass is 239 g/mol. The summed E-state index contributed by atoms with van der Waals surface area (Å²) in [4.78, 5) is 0. The first-order valence-electron chi connectivity index (χ1n) is 5.85. The van der Waals surface area contributed by atoms with Gasteiger partial charge in [-0.1, -0.05) is 24.6 Å². The van der Waals surface area contributed by atoms with Crippen LogP contribution in [0.15, 0.2) is 29.8 Å². The van der Waals surface area contributed by atoms with Crippen molar-refractivity contribution in [2.75, 3.05) is 6.54 Å². The fourth-order valence-corrected chi connectivity index (χ4v) is 1.78. The molecule has 0 saturated carbocycles. The summed E-state index contributed by atoms with van der Waals surface area (Å²) in [6.07, 6.45) is 2.76. The molecular formula is C14H19F2N. The van der Waals surface area contributed by atoms with Gasteiger partial charge in [0.1, 0.15) is 0 Å². The second-order valence-electron chi connectivity index (χ2n) is 4.36. The Bertz CT molecular complexity index is 395. The second-order valence-corrected chi connectivity index (χ2v) is 4.36. The molecule has 0 bridgehead atoms. The third kappa shape index (κ3) is 4.65. The highest BCUT2D eigenvalue weighted by Gasteiger charge is 2.08. The molecule has 1 nitrogen and oxygen atoms in total. The van der Waals surface area contributed by atoms with Crippen molar-refractivity contribution in [1.29, 1.82) is 0 Å². The van der Waals surface area contributed by atoms with Gasteiger partial charge in [-0.25, -0.2) is 8.78 Å². The van der Waals surface area contributed by atoms with Crippen molar-refractivity contribution in [3.63, 3.8) is 0 Å². The lowest BCUT2D eigenvalue weighted by molar-refractivity contribution is 0.505. The minimum atomic E-state index is -0.795. The normalized spacial score (nSPS) is 12.3. The molecule has 0 heterocycles. The molecule has 0 aromatic heterocycles. The van der Waals surface area contributed by atoms with E-state index in [2.05, 4.69) is 11.4 Å². The number of hydrogen-bond donors (Lipinski definition) is 1. The van der Waals surface area contributed by atoms with E-state index in [4.69, 9.17) is 0 Å². The molecule has 0 aliphatic heterocycles. The van der Waals surface area contributed by atoms with Gasteiger partial charge in [0, 0.05) is 6.04 Å². The molecule has 0 amide bonds. The van der Waals surface area contributed by atoms with Crippen molar-refractivity contribution in [3.05, 3.63) is 47.0 Å². The highest BCUT2D eigenvalue weighted by molar-refractivity contribution is 5.20. The Hall–Kier alpha value is -1.22. The fourth-order valence-electron chi connectivity index (χ4n) is 1.78. The average molecular weight is 239 g/mol. The highest BCUT2D eigenvalue weighted by Crippen LogP contribution is 2.11. The molecule has 0 aliphatic rings. The predicted molar refractivity (Wildman–Crippen MR) is 67.0 cm³/mol. The molecule has 1 unspecified atom stereocenters. The van der Waals surface area contributed by atoms with Crippen molar-refractivity contribution >= 4 is 0 Å². The molecule has 0 saturated heterocycles. The first kappa shape index (κ1) is 13.8. The van der Waals surface area contributed by atoms with Crippen molar-refractivity contribution in [2.24, 2.45) is 0 Å². The zero-order valence-electron chi connectivity index (χ0n) is 10.6. The molecule has 1 aromatic rings. The van der Waals surface area contributed by atoms with Gasteiger partial charge < -0.3 is 5.32 Å². The molecule has 0 fully saturated rings. The van der Waals surface area contributed by atoms with E-state index in [0.717, 1.165) is 12.1 Å². The standard InChI is InChI=1S/C14H19F2N/c1-4-17-12(7-10(2)3)8-11-5-6-13(15)14(16)9-11/h5-7,9,12,17H,4,8H2,1-3H3. The van der Waals surface area contributed by atoms with Crippen LogP contribution < -0.4 is 5.32 Å². The first-order chi connectivity index (χ1) is 8.02. The number of allylic oxidation sites excluding steroid dienone is 1. The Labute approximate surface area is 102 Å². The zero-order chi connectivity index (χ0) is 12.8. The Kier molecular flexibility index (Phi) is 5.29. The number of nitrogens with one attached hydrogen (secondary N) is 1. The van der Waals surface area contributed by atoms with Gasteiger partial charge in [-0.3, -0.25) is 0 Å². The van der Waals surface area contributed by atoms with E-state index < -0.39 is 11.6 Å². The smallest absolute Gasteiger partial charge is 0.159 e. The van der Waals surface area contributed by atoms with Gasteiger partial charge >= 0.3 is 0 Å². The molecule has 1 aromatic carbocycles. The van der Waals surface area contributed by atoms with E-state index in [1.54, 1.807) is 6.07 Å². The highest BCUT2D eigenvalue weighted by atomic mass is 19.2. The van der Waals surface area contributed by atoms with Gasteiger partial charge in [-0.2, -0.15) is 0 Å². The van der Waals surface area contributed by atoms with E-state index in [1.165, 1.54) is 17.7 Å². The van der Waals surface area contributed by atoms with Crippen LogP contribution in [-0.2, 0) is 6.42 Å². The molecule has 1 rings (SSSR count). The van der Waals surface area contributed by atoms with Crippen LogP contribution >= 0.6 is 0 Å². The molecular weight excluding hydrogens is 220 g/mol. The number of hydrogen-bond acceptors (Lipinski definition) is 1. The first-order valence-corrected chi connectivity index (χ1v) is 5.85. The summed E-state index contributed by atoms with van der Waals surface area (Å²) in [6, 6.07) is 4.23. The van der Waals surface area contributed by atoms with Crippen LogP contribution in [0.3, 0.4) is 0 Å². The van der Waals surface area contributed by atoms with Gasteiger partial charge in [0.05, 0.1) is 0 Å². The summed E-state index contributed by atoms with van der Waals surface area (Å²) in [5.74, 6) is -1.58. The Morgan fingerprint density at radius 1 is 1.29 bits per heavy atom. The maximum atomic E-state index is 13.1. The zero-order valence-corrected chi connectivity index (χ0v) is 10.6. The SMILES string of the molecule is CCNC(C=C(C)C)Cc1ccc(F)c(F)c1. The predicted octanol–water partition coefficient (Wildman–Crippen LogP) is 3.45. The average Bonchev–Trinajstić information content (AvgIpc) is 2.23. The van der Waals surface area contributed by atoms with E-state index in [0.29, 0.717) is 6.42 Å². The lowest BCUT2D eigenvalue weighted by Crippen LogP contribution is -2.29. The molecule has 0 spiro atoms. The van der Waals surface area contributed by atoms with Gasteiger partial charge in [0.25, 0.3) is 0 Å². The molecule has 0 aliphatic carbocycles. The Morgan fingerprint density at radius 3 is 2.53 bits per heavy atom. The maximum absolute atomic E-state index is 13.1. The minimum Gasteiger partial charge on any atom is -0.310 e. The van der Waals surface area contributed by atoms with Crippen molar-refractivity contribution in [2.45, 2.75) is 33.2 Å². The minimum absolute atomic E-state index is 0.162. The van der Waals surface area contributed by atoms with Crippen molar-refractivity contribution in [3.8, 4) is 0 Å². The van der Waals surface area contributed by atoms with Crippen LogP contribution in [0.4, 0.5) is 8.78 Å². The van der Waals surface area contributed by atoms with E-state index in [1.807, 2.05) is 20.8 Å². The molecule has 17 heavy (non-hydrogen) atoms. The van der Waals surface area contributed by atoms with Gasteiger partial charge in [-0.15, -0.1) is 0 Å². The summed E-state index contributed by atoms with van der Waals surface area (Å²) in [7, 11) is 0. The summed E-state index contributed by atoms with van der Waals surface area (Å²) in [5, 5.41) is 3.30. The van der Waals surface area contributed by atoms with Crippen LogP contribution in [-0.4, -0.2) is 12.6 Å². The quantitative estimate of drug-likeness (QED) is 0.776. The number of benzene rings is 1. The molecule has 3 heteroatoms. The van der Waals surface area contributed by atoms with Crippen LogP contribution in [0, 0.1) is 11.6 Å². The Balaban J connectivity index is 2.78. The summed E-state index contributed by atoms with van der Waals surface area (Å²) in [6.45, 7) is 6.92. The maximum Gasteiger partial charge on any atom is 0.159 e. The van der Waals surface area contributed by atoms with E-state index in [9.17, 15) is 8.78 Å². The van der Waals surface area contributed by atoms with Crippen molar-refractivity contribution < 1.29 is 8.78 Å². The van der Waals surface area contributed by atoms with E-state index in [-0.39, 0.29) is 6.04 Å². The Morgan fingerprint density at radius 2 is 2.00 bits per heavy atom.